The molecule has 2 aliphatic carbocycles. The fourth-order valence-electron chi connectivity index (χ4n) is 2.64. The molecule has 17 heavy (non-hydrogen) atoms. The van der Waals surface area contributed by atoms with Crippen molar-refractivity contribution < 1.29 is 9.90 Å². The average Bonchev–Trinajstić information content (AvgIpc) is 2.39. The number of alkyl halides is 4. The van der Waals surface area contributed by atoms with E-state index in [0.29, 0.717) is 0 Å². The number of allylic oxidation sites excluding steroid dienone is 2. The fourth-order valence-corrected chi connectivity index (χ4v) is 5.70. The molecule has 2 aliphatic rings. The van der Waals surface area contributed by atoms with Crippen molar-refractivity contribution in [3.05, 3.63) is 10.1 Å². The van der Waals surface area contributed by atoms with E-state index in [4.69, 9.17) is 69.6 Å². The highest BCUT2D eigenvalue weighted by Gasteiger charge is 2.82. The zero-order valence-electron chi connectivity index (χ0n) is 8.28. The second kappa shape index (κ2) is 3.74. The molecule has 4 atom stereocenters. The quantitative estimate of drug-likeness (QED) is 0.714. The molecule has 0 heterocycles. The summed E-state index contributed by atoms with van der Waals surface area (Å²) < 4.78 is -1.78. The molecule has 2 bridgehead atoms. The molecule has 0 aromatic heterocycles. The number of aliphatic carboxylic acids is 1. The minimum Gasteiger partial charge on any atom is -0.481 e. The predicted molar refractivity (Wildman–Crippen MR) is 70.6 cm³/mol. The van der Waals surface area contributed by atoms with E-state index in [0.717, 1.165) is 0 Å². The lowest BCUT2D eigenvalue weighted by molar-refractivity contribution is -0.143. The van der Waals surface area contributed by atoms with Gasteiger partial charge in [0.15, 0.2) is 4.33 Å². The van der Waals surface area contributed by atoms with E-state index in [9.17, 15) is 9.90 Å². The van der Waals surface area contributed by atoms with Gasteiger partial charge < -0.3 is 5.11 Å². The Labute approximate surface area is 128 Å². The molecule has 0 aromatic rings. The zero-order chi connectivity index (χ0) is 13.4. The van der Waals surface area contributed by atoms with Crippen LogP contribution >= 0.6 is 69.6 Å². The van der Waals surface area contributed by atoms with Gasteiger partial charge in [-0.25, -0.2) is 0 Å². The number of carboxylic acids is 1. The van der Waals surface area contributed by atoms with Gasteiger partial charge >= 0.3 is 5.97 Å². The maximum atomic E-state index is 11.3. The van der Waals surface area contributed by atoms with E-state index in [-0.39, 0.29) is 10.1 Å². The summed E-state index contributed by atoms with van der Waals surface area (Å²) in [5.74, 6) is -2.92. The maximum absolute atomic E-state index is 11.3. The van der Waals surface area contributed by atoms with Crippen LogP contribution in [0.3, 0.4) is 0 Å². The molecular formula is C9H6Cl6O2. The Hall–Kier alpha value is 0.950. The third kappa shape index (κ3) is 1.25. The minimum atomic E-state index is -1.78. The van der Waals surface area contributed by atoms with Gasteiger partial charge in [0.1, 0.15) is 9.75 Å². The highest BCUT2D eigenvalue weighted by atomic mass is 35.5. The molecule has 0 amide bonds. The number of hydrogen-bond donors (Lipinski definition) is 1. The monoisotopic (exact) mass is 356 g/mol. The van der Waals surface area contributed by atoms with Gasteiger partial charge in [-0.3, -0.25) is 4.79 Å². The highest BCUT2D eigenvalue weighted by Crippen LogP contribution is 2.76. The number of rotatable bonds is 1. The van der Waals surface area contributed by atoms with Crippen molar-refractivity contribution in [3.63, 3.8) is 0 Å². The van der Waals surface area contributed by atoms with Crippen molar-refractivity contribution in [2.75, 3.05) is 0 Å². The zero-order valence-corrected chi connectivity index (χ0v) is 12.8. The van der Waals surface area contributed by atoms with Crippen LogP contribution in [0.15, 0.2) is 10.1 Å². The molecule has 0 spiro atoms. The Morgan fingerprint density at radius 2 is 1.53 bits per heavy atom. The van der Waals surface area contributed by atoms with Crippen molar-refractivity contribution in [1.29, 1.82) is 0 Å². The van der Waals surface area contributed by atoms with E-state index >= 15 is 0 Å². The summed E-state index contributed by atoms with van der Waals surface area (Å²) >= 11 is 36.9. The molecule has 2 rings (SSSR count). The normalized spacial score (nSPS) is 47.7. The van der Waals surface area contributed by atoms with Gasteiger partial charge in [-0.1, -0.05) is 53.3 Å². The van der Waals surface area contributed by atoms with Gasteiger partial charge in [0, 0.05) is 0 Å². The van der Waals surface area contributed by atoms with Crippen molar-refractivity contribution >= 4 is 75.6 Å². The van der Waals surface area contributed by atoms with E-state index in [1.54, 1.807) is 6.92 Å². The molecule has 0 radical (unpaired) electrons. The third-order valence-electron chi connectivity index (χ3n) is 3.57. The van der Waals surface area contributed by atoms with Crippen LogP contribution in [0, 0.1) is 11.8 Å². The summed E-state index contributed by atoms with van der Waals surface area (Å²) in [5, 5.41) is 9.16. The van der Waals surface area contributed by atoms with Crippen LogP contribution in [0.4, 0.5) is 0 Å². The molecule has 8 heteroatoms. The Morgan fingerprint density at radius 1 is 1.12 bits per heavy atom. The van der Waals surface area contributed by atoms with Crippen LogP contribution < -0.4 is 0 Å². The SMILES string of the molecule is CC1C(C(=O)O)C2(Cl)C(Cl)=C(Cl)C1(Cl)C2(Cl)Cl. The molecule has 1 N–H and O–H groups in total. The van der Waals surface area contributed by atoms with Crippen LogP contribution in [0.25, 0.3) is 0 Å². The number of carbonyl (C=O) groups is 1. The maximum Gasteiger partial charge on any atom is 0.309 e. The molecule has 0 aromatic carbocycles. The lowest BCUT2D eigenvalue weighted by atomic mass is 9.83. The first-order chi connectivity index (χ1) is 7.54. The fraction of sp³-hybridized carbons (Fsp3) is 0.667. The summed E-state index contributed by atoms with van der Waals surface area (Å²) in [6.07, 6.45) is 0. The molecular weight excluding hydrogens is 353 g/mol. The first-order valence-electron chi connectivity index (χ1n) is 4.59. The molecule has 1 saturated carbocycles. The summed E-state index contributed by atoms with van der Waals surface area (Å²) in [5.41, 5.74) is 0. The predicted octanol–water partition coefficient (Wildman–Crippen LogP) is 4.17. The van der Waals surface area contributed by atoms with Gasteiger partial charge in [0.2, 0.25) is 0 Å². The second-order valence-electron chi connectivity index (χ2n) is 4.23. The van der Waals surface area contributed by atoms with E-state index < -0.39 is 31.9 Å². The average molecular weight is 359 g/mol. The van der Waals surface area contributed by atoms with Gasteiger partial charge in [0.05, 0.1) is 16.0 Å². The van der Waals surface area contributed by atoms with Gasteiger partial charge in [-0.2, -0.15) is 0 Å². The van der Waals surface area contributed by atoms with Crippen molar-refractivity contribution in [2.24, 2.45) is 11.8 Å². The van der Waals surface area contributed by atoms with Gasteiger partial charge in [-0.05, 0) is 5.92 Å². The molecule has 2 nitrogen and oxygen atoms in total. The summed E-state index contributed by atoms with van der Waals surface area (Å²) in [7, 11) is 0. The van der Waals surface area contributed by atoms with Crippen LogP contribution in [-0.4, -0.2) is 25.2 Å². The van der Waals surface area contributed by atoms with Gasteiger partial charge in [0.25, 0.3) is 0 Å². The standard InChI is InChI=1S/C9H6Cl6O2/c1-2-3(6(16)17)8(13)5(11)4(10)7(2,12)9(8,14)15/h2-3H,1H3,(H,16,17). The molecule has 1 fully saturated rings. The molecule has 96 valence electrons. The Morgan fingerprint density at radius 3 is 1.88 bits per heavy atom. The smallest absolute Gasteiger partial charge is 0.309 e. The number of hydrogen-bond acceptors (Lipinski definition) is 1. The highest BCUT2D eigenvalue weighted by molar-refractivity contribution is 6.66. The summed E-state index contributed by atoms with van der Waals surface area (Å²) in [6, 6.07) is 0. The second-order valence-corrected chi connectivity index (χ2v) is 7.51. The topological polar surface area (TPSA) is 37.3 Å². The minimum absolute atomic E-state index is 0.0193. The largest absolute Gasteiger partial charge is 0.481 e. The third-order valence-corrected chi connectivity index (χ3v) is 7.94. The van der Waals surface area contributed by atoms with E-state index in [2.05, 4.69) is 0 Å². The summed E-state index contributed by atoms with van der Waals surface area (Å²) in [6.45, 7) is 1.58. The van der Waals surface area contributed by atoms with Crippen LogP contribution in [0.2, 0.25) is 0 Å². The molecule has 0 aliphatic heterocycles. The number of fused-ring (bicyclic) bond motifs is 2. The lowest BCUT2D eigenvalue weighted by Gasteiger charge is -2.32. The molecule has 4 unspecified atom stereocenters. The lowest BCUT2D eigenvalue weighted by Crippen LogP contribution is -2.45. The number of halogens is 6. The van der Waals surface area contributed by atoms with Crippen LogP contribution in [-0.2, 0) is 4.79 Å². The van der Waals surface area contributed by atoms with Gasteiger partial charge in [-0.15, -0.1) is 23.2 Å². The van der Waals surface area contributed by atoms with Crippen molar-refractivity contribution in [1.82, 2.24) is 0 Å². The first kappa shape index (κ1) is 14.4. The number of carboxylic acid groups (broad SMARTS) is 1. The Balaban J connectivity index is 2.77. The Bertz CT molecular complexity index is 447. The van der Waals surface area contributed by atoms with Crippen molar-refractivity contribution in [3.8, 4) is 0 Å². The summed E-state index contributed by atoms with van der Waals surface area (Å²) in [4.78, 5) is 8.11. The van der Waals surface area contributed by atoms with Crippen molar-refractivity contribution in [2.45, 2.75) is 21.0 Å². The first-order valence-corrected chi connectivity index (χ1v) is 6.86. The van der Waals surface area contributed by atoms with E-state index in [1.165, 1.54) is 0 Å². The van der Waals surface area contributed by atoms with Crippen LogP contribution in [0.5, 0.6) is 0 Å². The van der Waals surface area contributed by atoms with Crippen LogP contribution in [0.1, 0.15) is 6.92 Å². The van der Waals surface area contributed by atoms with E-state index in [1.807, 2.05) is 0 Å². The molecule has 0 saturated heterocycles. The Kier molecular flexibility index (Phi) is 3.16.